The number of fused-ring (bicyclic) bond motifs is 1. The van der Waals surface area contributed by atoms with E-state index in [0.29, 0.717) is 28.5 Å². The summed E-state index contributed by atoms with van der Waals surface area (Å²) < 4.78 is 6.99. The maximum atomic E-state index is 9.05. The Morgan fingerprint density at radius 1 is 1.32 bits per heavy atom. The zero-order chi connectivity index (χ0) is 13.2. The van der Waals surface area contributed by atoms with Crippen LogP contribution < -0.4 is 10.5 Å². The lowest BCUT2D eigenvalue weighted by molar-refractivity contribution is 0.441. The molecular weight excluding hydrogens is 246 g/mol. The van der Waals surface area contributed by atoms with Crippen molar-refractivity contribution < 1.29 is 4.74 Å². The number of hydrogen-bond donors (Lipinski definition) is 1. The van der Waals surface area contributed by atoms with Gasteiger partial charge in [-0.1, -0.05) is 0 Å². The number of tetrazole rings is 1. The molecule has 0 bridgehead atoms. The molecule has 0 unspecified atom stereocenters. The normalized spacial score (nSPS) is 10.3. The predicted molar refractivity (Wildman–Crippen MR) is 64.2 cm³/mol. The van der Waals surface area contributed by atoms with E-state index in [9.17, 15) is 0 Å². The summed E-state index contributed by atoms with van der Waals surface area (Å²) in [6.45, 7) is 0. The average Bonchev–Trinajstić information content (AvgIpc) is 2.90. The van der Waals surface area contributed by atoms with E-state index in [1.54, 1.807) is 12.1 Å². The first-order valence-corrected chi connectivity index (χ1v) is 5.27. The Bertz CT molecular complexity index is 789. The van der Waals surface area contributed by atoms with Crippen molar-refractivity contribution in [1.29, 1.82) is 5.26 Å². The van der Waals surface area contributed by atoms with Crippen LogP contribution in [0.3, 0.4) is 0 Å². The maximum absolute atomic E-state index is 9.05. The number of nitrogen functional groups attached to an aromatic ring is 1. The molecule has 8 nitrogen and oxygen atoms in total. The highest BCUT2D eigenvalue weighted by molar-refractivity contribution is 5.54. The lowest BCUT2D eigenvalue weighted by Gasteiger charge is -2.07. The predicted octanol–water partition coefficient (Wildman–Crippen LogP) is 0.765. The van der Waals surface area contributed by atoms with E-state index in [4.69, 9.17) is 15.7 Å². The molecule has 3 rings (SSSR count). The molecule has 3 aromatic rings. The molecule has 0 aliphatic rings. The Kier molecular flexibility index (Phi) is 2.43. The highest BCUT2D eigenvalue weighted by Crippen LogP contribution is 2.25. The molecule has 2 N–H and O–H groups in total. The van der Waals surface area contributed by atoms with Crippen LogP contribution in [-0.4, -0.2) is 25.0 Å². The molecular formula is C11H7N7O. The first-order chi connectivity index (χ1) is 9.28. The summed E-state index contributed by atoms with van der Waals surface area (Å²) in [6, 6.07) is 6.79. The Hall–Kier alpha value is -3.21. The van der Waals surface area contributed by atoms with Crippen molar-refractivity contribution in [3.63, 3.8) is 0 Å². The van der Waals surface area contributed by atoms with Crippen molar-refractivity contribution in [3.05, 3.63) is 36.2 Å². The number of rotatable bonds is 2. The van der Waals surface area contributed by atoms with E-state index >= 15 is 0 Å². The molecule has 0 atom stereocenters. The van der Waals surface area contributed by atoms with E-state index in [1.807, 2.05) is 6.07 Å². The summed E-state index contributed by atoms with van der Waals surface area (Å²) >= 11 is 0. The number of aromatic nitrogens is 5. The molecule has 0 radical (unpaired) electrons. The van der Waals surface area contributed by atoms with Gasteiger partial charge in [0, 0.05) is 5.69 Å². The van der Waals surface area contributed by atoms with Crippen molar-refractivity contribution in [3.8, 4) is 17.7 Å². The fourth-order valence-electron chi connectivity index (χ4n) is 1.56. The summed E-state index contributed by atoms with van der Waals surface area (Å²) in [7, 11) is 0. The minimum atomic E-state index is 0.309. The third kappa shape index (κ3) is 1.89. The summed E-state index contributed by atoms with van der Waals surface area (Å²) in [5.74, 6) is 0.672. The van der Waals surface area contributed by atoms with Gasteiger partial charge < -0.3 is 10.5 Å². The number of nitrogens with zero attached hydrogens (tertiary/aromatic N) is 6. The van der Waals surface area contributed by atoms with Crippen molar-refractivity contribution in [1.82, 2.24) is 25.0 Å². The van der Waals surface area contributed by atoms with E-state index in [0.717, 1.165) is 0 Å². The number of nitriles is 1. The van der Waals surface area contributed by atoms with E-state index in [-0.39, 0.29) is 0 Å². The Labute approximate surface area is 107 Å². The molecule has 1 aromatic carbocycles. The average molecular weight is 253 g/mol. The second-order valence-corrected chi connectivity index (χ2v) is 3.66. The van der Waals surface area contributed by atoms with Crippen LogP contribution in [0.5, 0.6) is 11.6 Å². The lowest BCUT2D eigenvalue weighted by Crippen LogP contribution is -1.98. The van der Waals surface area contributed by atoms with Crippen LogP contribution in [0, 0.1) is 11.3 Å². The van der Waals surface area contributed by atoms with Crippen LogP contribution in [0.2, 0.25) is 0 Å². The number of benzene rings is 1. The van der Waals surface area contributed by atoms with Gasteiger partial charge in [0.2, 0.25) is 11.5 Å². The van der Waals surface area contributed by atoms with Gasteiger partial charge in [0.15, 0.2) is 0 Å². The zero-order valence-electron chi connectivity index (χ0n) is 9.56. The van der Waals surface area contributed by atoms with E-state index in [1.165, 1.54) is 23.0 Å². The summed E-state index contributed by atoms with van der Waals surface area (Å²) in [5, 5.41) is 20.1. The topological polar surface area (TPSA) is 115 Å². The highest BCUT2D eigenvalue weighted by Gasteiger charge is 2.09. The smallest absolute Gasteiger partial charge is 0.242 e. The first kappa shape index (κ1) is 10.9. The van der Waals surface area contributed by atoms with Gasteiger partial charge >= 0.3 is 0 Å². The second-order valence-electron chi connectivity index (χ2n) is 3.66. The summed E-state index contributed by atoms with van der Waals surface area (Å²) in [5.41, 5.74) is 6.88. The zero-order valence-corrected chi connectivity index (χ0v) is 9.56. The van der Waals surface area contributed by atoms with Gasteiger partial charge in [-0.3, -0.25) is 4.98 Å². The summed E-state index contributed by atoms with van der Waals surface area (Å²) in [6.07, 6.45) is 2.96. The van der Waals surface area contributed by atoms with Crippen LogP contribution in [0.1, 0.15) is 5.56 Å². The Morgan fingerprint density at radius 3 is 3.05 bits per heavy atom. The maximum Gasteiger partial charge on any atom is 0.242 e. The van der Waals surface area contributed by atoms with E-state index < -0.39 is 0 Å². The lowest BCUT2D eigenvalue weighted by atomic mass is 10.2. The van der Waals surface area contributed by atoms with Crippen LogP contribution in [0.4, 0.5) is 5.69 Å². The van der Waals surface area contributed by atoms with Crippen molar-refractivity contribution in [2.75, 3.05) is 5.73 Å². The molecule has 8 heteroatoms. The molecule has 2 heterocycles. The quantitative estimate of drug-likeness (QED) is 0.670. The first-order valence-electron chi connectivity index (χ1n) is 5.27. The van der Waals surface area contributed by atoms with Crippen molar-refractivity contribution in [2.45, 2.75) is 0 Å². The molecule has 19 heavy (non-hydrogen) atoms. The molecule has 92 valence electrons. The third-order valence-corrected chi connectivity index (χ3v) is 2.42. The van der Waals surface area contributed by atoms with Gasteiger partial charge in [0.1, 0.15) is 11.8 Å². The second kappa shape index (κ2) is 4.23. The number of ether oxygens (including phenoxy) is 1. The molecule has 0 aliphatic carbocycles. The summed E-state index contributed by atoms with van der Waals surface area (Å²) in [4.78, 5) is 3.96. The molecule has 0 aliphatic heterocycles. The van der Waals surface area contributed by atoms with Crippen LogP contribution in [0.25, 0.3) is 5.65 Å². The highest BCUT2D eigenvalue weighted by atomic mass is 16.5. The van der Waals surface area contributed by atoms with Gasteiger partial charge in [-0.15, -0.1) is 5.10 Å². The Balaban J connectivity index is 2.06. The monoisotopic (exact) mass is 253 g/mol. The SMILES string of the molecule is N#Cc1cc(N)ccc1Oc1cncc2nnnn12. The number of hydrogen-bond acceptors (Lipinski definition) is 7. The molecule has 0 saturated heterocycles. The van der Waals surface area contributed by atoms with Gasteiger partial charge in [-0.05, 0) is 28.6 Å². The van der Waals surface area contributed by atoms with Gasteiger partial charge in [0.25, 0.3) is 0 Å². The molecule has 0 amide bonds. The van der Waals surface area contributed by atoms with Crippen LogP contribution in [0.15, 0.2) is 30.6 Å². The van der Waals surface area contributed by atoms with Crippen LogP contribution >= 0.6 is 0 Å². The molecule has 0 fully saturated rings. The molecule has 0 saturated carbocycles. The molecule has 2 aromatic heterocycles. The minimum Gasteiger partial charge on any atom is -0.436 e. The van der Waals surface area contributed by atoms with E-state index in [2.05, 4.69) is 20.5 Å². The third-order valence-electron chi connectivity index (χ3n) is 2.42. The standard InChI is InChI=1S/C11H7N7O/c12-4-7-3-8(13)1-2-9(7)19-11-6-14-5-10-15-16-17-18(10)11/h1-3,5-6H,13H2. The number of anilines is 1. The van der Waals surface area contributed by atoms with Gasteiger partial charge in [-0.25, -0.2) is 0 Å². The van der Waals surface area contributed by atoms with Crippen molar-refractivity contribution >= 4 is 11.3 Å². The van der Waals surface area contributed by atoms with Crippen LogP contribution in [-0.2, 0) is 0 Å². The van der Waals surface area contributed by atoms with Gasteiger partial charge in [-0.2, -0.15) is 9.78 Å². The van der Waals surface area contributed by atoms with Gasteiger partial charge in [0.05, 0.1) is 18.0 Å². The number of nitrogens with two attached hydrogens (primary N) is 1. The minimum absolute atomic E-state index is 0.309. The fraction of sp³-hybridized carbons (Fsp3) is 0. The fourth-order valence-corrected chi connectivity index (χ4v) is 1.56. The van der Waals surface area contributed by atoms with Crippen molar-refractivity contribution in [2.24, 2.45) is 0 Å². The largest absolute Gasteiger partial charge is 0.436 e. The molecule has 0 spiro atoms. The Morgan fingerprint density at radius 2 is 2.21 bits per heavy atom.